The number of hydrogen-bond donors (Lipinski definition) is 2. The SMILES string of the molecule is CCCNc1cncc(C(=O)Nc2ccccc2)n1. The zero-order valence-electron chi connectivity index (χ0n) is 10.8. The molecular formula is C14H16N4O. The van der Waals surface area contributed by atoms with E-state index in [1.807, 2.05) is 30.3 Å². The van der Waals surface area contributed by atoms with Gasteiger partial charge in [0.25, 0.3) is 5.91 Å². The fourth-order valence-corrected chi connectivity index (χ4v) is 1.53. The van der Waals surface area contributed by atoms with Gasteiger partial charge in [-0.05, 0) is 18.6 Å². The normalized spacial score (nSPS) is 9.95. The van der Waals surface area contributed by atoms with Gasteiger partial charge in [0, 0.05) is 12.2 Å². The van der Waals surface area contributed by atoms with Gasteiger partial charge in [0.05, 0.1) is 12.4 Å². The smallest absolute Gasteiger partial charge is 0.275 e. The van der Waals surface area contributed by atoms with Crippen molar-refractivity contribution in [2.24, 2.45) is 0 Å². The van der Waals surface area contributed by atoms with E-state index < -0.39 is 0 Å². The van der Waals surface area contributed by atoms with E-state index in [1.165, 1.54) is 6.20 Å². The van der Waals surface area contributed by atoms with Crippen LogP contribution in [0.3, 0.4) is 0 Å². The molecule has 0 radical (unpaired) electrons. The molecule has 1 heterocycles. The van der Waals surface area contributed by atoms with Crippen molar-refractivity contribution in [3.63, 3.8) is 0 Å². The van der Waals surface area contributed by atoms with E-state index in [2.05, 4.69) is 27.5 Å². The quantitative estimate of drug-likeness (QED) is 0.862. The Bertz CT molecular complexity index is 542. The van der Waals surface area contributed by atoms with Crippen LogP contribution in [-0.2, 0) is 0 Å². The van der Waals surface area contributed by atoms with Crippen LogP contribution in [0.4, 0.5) is 11.5 Å². The van der Waals surface area contributed by atoms with E-state index in [4.69, 9.17) is 0 Å². The van der Waals surface area contributed by atoms with Crippen LogP contribution in [0.15, 0.2) is 42.7 Å². The highest BCUT2D eigenvalue weighted by atomic mass is 16.1. The average molecular weight is 256 g/mol. The lowest BCUT2D eigenvalue weighted by Gasteiger charge is -2.06. The van der Waals surface area contributed by atoms with Gasteiger partial charge in [-0.2, -0.15) is 0 Å². The van der Waals surface area contributed by atoms with Gasteiger partial charge in [0.1, 0.15) is 11.5 Å². The molecule has 2 aromatic rings. The first-order chi connectivity index (χ1) is 9.29. The highest BCUT2D eigenvalue weighted by molar-refractivity contribution is 6.02. The number of hydrogen-bond acceptors (Lipinski definition) is 4. The molecule has 0 aliphatic carbocycles. The third-order valence-electron chi connectivity index (χ3n) is 2.45. The lowest BCUT2D eigenvalue weighted by atomic mass is 10.3. The van der Waals surface area contributed by atoms with E-state index >= 15 is 0 Å². The van der Waals surface area contributed by atoms with Gasteiger partial charge < -0.3 is 10.6 Å². The van der Waals surface area contributed by atoms with Crippen LogP contribution in [-0.4, -0.2) is 22.4 Å². The predicted molar refractivity (Wildman–Crippen MR) is 75.2 cm³/mol. The summed E-state index contributed by atoms with van der Waals surface area (Å²) in [5, 5.41) is 5.87. The summed E-state index contributed by atoms with van der Waals surface area (Å²) >= 11 is 0. The number of benzene rings is 1. The molecule has 5 heteroatoms. The Kier molecular flexibility index (Phi) is 4.44. The fraction of sp³-hybridized carbons (Fsp3) is 0.214. The molecule has 0 aliphatic heterocycles. The summed E-state index contributed by atoms with van der Waals surface area (Å²) in [4.78, 5) is 20.2. The maximum atomic E-state index is 12.0. The van der Waals surface area contributed by atoms with Crippen molar-refractivity contribution in [1.82, 2.24) is 9.97 Å². The zero-order valence-corrected chi connectivity index (χ0v) is 10.8. The van der Waals surface area contributed by atoms with Crippen LogP contribution < -0.4 is 10.6 Å². The molecule has 1 amide bonds. The molecule has 0 spiro atoms. The summed E-state index contributed by atoms with van der Waals surface area (Å²) < 4.78 is 0. The fourth-order valence-electron chi connectivity index (χ4n) is 1.53. The Morgan fingerprint density at radius 1 is 1.21 bits per heavy atom. The molecule has 19 heavy (non-hydrogen) atoms. The van der Waals surface area contributed by atoms with Crippen LogP contribution in [0.2, 0.25) is 0 Å². The van der Waals surface area contributed by atoms with Crippen LogP contribution in [0, 0.1) is 0 Å². The number of anilines is 2. The van der Waals surface area contributed by atoms with Crippen molar-refractivity contribution in [3.05, 3.63) is 48.4 Å². The topological polar surface area (TPSA) is 66.9 Å². The molecule has 2 rings (SSSR count). The van der Waals surface area contributed by atoms with Crippen molar-refractivity contribution < 1.29 is 4.79 Å². The van der Waals surface area contributed by atoms with Gasteiger partial charge in [0.2, 0.25) is 0 Å². The van der Waals surface area contributed by atoms with Crippen LogP contribution in [0.1, 0.15) is 23.8 Å². The molecule has 0 fully saturated rings. The third-order valence-corrected chi connectivity index (χ3v) is 2.45. The first-order valence-corrected chi connectivity index (χ1v) is 6.22. The average Bonchev–Trinajstić information content (AvgIpc) is 2.46. The van der Waals surface area contributed by atoms with Crippen molar-refractivity contribution in [3.8, 4) is 0 Å². The van der Waals surface area contributed by atoms with Crippen molar-refractivity contribution >= 4 is 17.4 Å². The molecule has 0 saturated heterocycles. The number of rotatable bonds is 5. The van der Waals surface area contributed by atoms with Gasteiger partial charge in [-0.1, -0.05) is 25.1 Å². The molecule has 0 bridgehead atoms. The first kappa shape index (κ1) is 13.0. The lowest BCUT2D eigenvalue weighted by molar-refractivity contribution is 0.102. The van der Waals surface area contributed by atoms with Crippen LogP contribution in [0.5, 0.6) is 0 Å². The molecule has 0 aliphatic rings. The Balaban J connectivity index is 2.06. The number of nitrogens with one attached hydrogen (secondary N) is 2. The summed E-state index contributed by atoms with van der Waals surface area (Å²) in [6.07, 6.45) is 4.05. The third kappa shape index (κ3) is 3.77. The number of carbonyl (C=O) groups excluding carboxylic acids is 1. The van der Waals surface area contributed by atoms with E-state index in [1.54, 1.807) is 6.20 Å². The van der Waals surface area contributed by atoms with Gasteiger partial charge in [-0.3, -0.25) is 9.78 Å². The number of nitrogens with zero attached hydrogens (tertiary/aromatic N) is 2. The Morgan fingerprint density at radius 3 is 2.74 bits per heavy atom. The van der Waals surface area contributed by atoms with E-state index in [-0.39, 0.29) is 5.91 Å². The van der Waals surface area contributed by atoms with E-state index in [9.17, 15) is 4.79 Å². The molecule has 0 saturated carbocycles. The number of carbonyl (C=O) groups is 1. The summed E-state index contributed by atoms with van der Waals surface area (Å²) in [6.45, 7) is 2.87. The van der Waals surface area contributed by atoms with E-state index in [0.717, 1.165) is 18.7 Å². The van der Waals surface area contributed by atoms with Crippen molar-refractivity contribution in [2.75, 3.05) is 17.2 Å². The standard InChI is InChI=1S/C14H16N4O/c1-2-8-16-13-10-15-9-12(18-13)14(19)17-11-6-4-3-5-7-11/h3-7,9-10H,2,8H2,1H3,(H,16,18)(H,17,19). The molecule has 5 nitrogen and oxygen atoms in total. The molecule has 98 valence electrons. The Hall–Kier alpha value is -2.43. The number of aromatic nitrogens is 2. The van der Waals surface area contributed by atoms with E-state index in [0.29, 0.717) is 11.5 Å². The Morgan fingerprint density at radius 2 is 2.00 bits per heavy atom. The number of amides is 1. The second-order valence-electron chi connectivity index (χ2n) is 4.04. The molecule has 0 unspecified atom stereocenters. The molecule has 2 N–H and O–H groups in total. The zero-order chi connectivity index (χ0) is 13.5. The maximum Gasteiger partial charge on any atom is 0.275 e. The largest absolute Gasteiger partial charge is 0.369 e. The van der Waals surface area contributed by atoms with Crippen LogP contribution in [0.25, 0.3) is 0 Å². The van der Waals surface area contributed by atoms with Crippen LogP contribution >= 0.6 is 0 Å². The lowest BCUT2D eigenvalue weighted by Crippen LogP contribution is -2.15. The monoisotopic (exact) mass is 256 g/mol. The second kappa shape index (κ2) is 6.49. The van der Waals surface area contributed by atoms with Gasteiger partial charge in [-0.15, -0.1) is 0 Å². The van der Waals surface area contributed by atoms with Gasteiger partial charge in [0.15, 0.2) is 0 Å². The molecule has 1 aromatic carbocycles. The minimum atomic E-state index is -0.265. The summed E-state index contributed by atoms with van der Waals surface area (Å²) in [5.74, 6) is 0.349. The second-order valence-corrected chi connectivity index (χ2v) is 4.04. The Labute approximate surface area is 112 Å². The number of para-hydroxylation sites is 1. The highest BCUT2D eigenvalue weighted by Crippen LogP contribution is 2.08. The summed E-state index contributed by atoms with van der Waals surface area (Å²) in [6, 6.07) is 9.26. The minimum Gasteiger partial charge on any atom is -0.369 e. The maximum absolute atomic E-state index is 12.0. The van der Waals surface area contributed by atoms with Crippen molar-refractivity contribution in [1.29, 1.82) is 0 Å². The highest BCUT2D eigenvalue weighted by Gasteiger charge is 2.08. The predicted octanol–water partition coefficient (Wildman–Crippen LogP) is 2.55. The summed E-state index contributed by atoms with van der Waals surface area (Å²) in [7, 11) is 0. The van der Waals surface area contributed by atoms with Gasteiger partial charge in [-0.25, -0.2) is 4.98 Å². The van der Waals surface area contributed by atoms with Crippen molar-refractivity contribution in [2.45, 2.75) is 13.3 Å². The molecule has 1 aromatic heterocycles. The van der Waals surface area contributed by atoms with Gasteiger partial charge >= 0.3 is 0 Å². The summed E-state index contributed by atoms with van der Waals surface area (Å²) in [5.41, 5.74) is 1.03. The minimum absolute atomic E-state index is 0.265. The molecule has 0 atom stereocenters. The first-order valence-electron chi connectivity index (χ1n) is 6.22. The molecular weight excluding hydrogens is 240 g/mol.